The van der Waals surface area contributed by atoms with E-state index in [1.165, 1.54) is 31.4 Å². The number of methoxy groups -OCH3 is 1. The summed E-state index contributed by atoms with van der Waals surface area (Å²) in [6.07, 6.45) is 1.64. The molecular formula is C20H16N2O6S. The minimum absolute atomic E-state index is 0.120. The van der Waals surface area contributed by atoms with Crippen molar-refractivity contribution in [3.05, 3.63) is 79.9 Å². The molecule has 0 fully saturated rings. The number of aryl methyl sites for hydroxylation is 1. The lowest BCUT2D eigenvalue weighted by Crippen LogP contribution is -2.10. The smallest absolute Gasteiger partial charge is 0.344 e. The van der Waals surface area contributed by atoms with Crippen molar-refractivity contribution in [1.29, 1.82) is 0 Å². The first kappa shape index (κ1) is 20.2. The normalized spacial score (nSPS) is 16.5. The van der Waals surface area contributed by atoms with Gasteiger partial charge >= 0.3 is 5.97 Å². The lowest BCUT2D eigenvalue weighted by Gasteiger charge is -2.02. The Morgan fingerprint density at radius 3 is 2.66 bits per heavy atom. The van der Waals surface area contributed by atoms with Gasteiger partial charge in [-0.2, -0.15) is 0 Å². The molecule has 1 aliphatic heterocycles. The van der Waals surface area contributed by atoms with Gasteiger partial charge in [-0.25, -0.2) is 9.79 Å². The van der Waals surface area contributed by atoms with Crippen LogP contribution >= 0.6 is 11.8 Å². The van der Waals surface area contributed by atoms with Crippen LogP contribution < -0.4 is 0 Å². The Morgan fingerprint density at radius 1 is 1.24 bits per heavy atom. The number of phenols is 1. The Kier molecular flexibility index (Phi) is 5.69. The minimum atomic E-state index is -0.774. The first-order valence-electron chi connectivity index (χ1n) is 8.34. The van der Waals surface area contributed by atoms with E-state index in [4.69, 9.17) is 4.74 Å². The number of nitro benzene ring substituents is 1. The molecule has 0 spiro atoms. The lowest BCUT2D eigenvalue weighted by atomic mass is 10.1. The highest BCUT2D eigenvalue weighted by Crippen LogP contribution is 2.40. The highest BCUT2D eigenvalue weighted by atomic mass is 32.2. The summed E-state index contributed by atoms with van der Waals surface area (Å²) in [5.41, 5.74) is 1.36. The van der Waals surface area contributed by atoms with Crippen LogP contribution in [0.2, 0.25) is 0 Å². The Morgan fingerprint density at radius 2 is 2.00 bits per heavy atom. The molecule has 3 rings (SSSR count). The number of aromatic hydroxyl groups is 1. The van der Waals surface area contributed by atoms with Crippen molar-refractivity contribution in [3.8, 4) is 5.75 Å². The number of hydrogen-bond acceptors (Lipinski definition) is 8. The van der Waals surface area contributed by atoms with Crippen LogP contribution in [0.15, 0.2) is 63.7 Å². The van der Waals surface area contributed by atoms with E-state index in [0.717, 1.165) is 11.8 Å². The number of non-ortho nitro benzene ring substituents is 1. The second-order valence-corrected chi connectivity index (χ2v) is 7.10. The van der Waals surface area contributed by atoms with Crippen LogP contribution in [0.1, 0.15) is 11.1 Å². The summed E-state index contributed by atoms with van der Waals surface area (Å²) in [4.78, 5) is 27.3. The Balaban J connectivity index is 2.05. The maximum Gasteiger partial charge on any atom is 0.344 e. The molecule has 0 amide bonds. The number of benzene rings is 2. The third-order valence-corrected chi connectivity index (χ3v) is 5.09. The predicted molar refractivity (Wildman–Crippen MR) is 110 cm³/mol. The highest BCUT2D eigenvalue weighted by Gasteiger charge is 2.33. The van der Waals surface area contributed by atoms with Gasteiger partial charge in [-0.3, -0.25) is 10.1 Å². The molecule has 9 heteroatoms. The number of ether oxygens (including phenoxy) is 1. The fraction of sp³-hybridized carbons (Fsp3) is 0.100. The first-order valence-corrected chi connectivity index (χ1v) is 9.16. The van der Waals surface area contributed by atoms with Gasteiger partial charge in [-0.05, 0) is 42.3 Å². The molecule has 0 saturated heterocycles. The van der Waals surface area contributed by atoms with Crippen molar-refractivity contribution in [2.24, 2.45) is 4.99 Å². The average Bonchev–Trinajstić information content (AvgIpc) is 2.99. The molecule has 0 aliphatic carbocycles. The van der Waals surface area contributed by atoms with Gasteiger partial charge in [-0.15, -0.1) is 0 Å². The van der Waals surface area contributed by atoms with Gasteiger partial charge in [0.15, 0.2) is 0 Å². The Hall–Kier alpha value is -3.59. The molecular weight excluding hydrogens is 396 g/mol. The molecule has 1 heterocycles. The molecule has 0 radical (unpaired) electrons. The summed E-state index contributed by atoms with van der Waals surface area (Å²) in [5.74, 6) is -0.921. The molecule has 1 aliphatic rings. The average molecular weight is 412 g/mol. The van der Waals surface area contributed by atoms with Crippen LogP contribution in [0.5, 0.6) is 5.75 Å². The van der Waals surface area contributed by atoms with E-state index in [1.807, 2.05) is 0 Å². The molecule has 2 N–H and O–H groups in total. The molecule has 8 nitrogen and oxygen atoms in total. The van der Waals surface area contributed by atoms with E-state index in [-0.39, 0.29) is 33.5 Å². The summed E-state index contributed by atoms with van der Waals surface area (Å²) < 4.78 is 4.75. The van der Waals surface area contributed by atoms with Crippen molar-refractivity contribution < 1.29 is 24.7 Å². The summed E-state index contributed by atoms with van der Waals surface area (Å²) in [7, 11) is 1.18. The molecule has 0 unspecified atom stereocenters. The van der Waals surface area contributed by atoms with Crippen LogP contribution in [-0.4, -0.2) is 33.3 Å². The Bertz CT molecular complexity index is 1100. The largest absolute Gasteiger partial charge is 0.508 e. The molecule has 2 aromatic carbocycles. The number of esters is 1. The van der Waals surface area contributed by atoms with Gasteiger partial charge in [0, 0.05) is 12.1 Å². The number of phenolic OH excluding ortho intramolecular Hbond substituents is 1. The number of aliphatic hydroxyl groups is 1. The minimum Gasteiger partial charge on any atom is -0.508 e. The molecule has 148 valence electrons. The zero-order chi connectivity index (χ0) is 21.1. The number of nitrogens with zero attached hydrogens (tertiary/aromatic N) is 2. The first-order chi connectivity index (χ1) is 13.8. The molecule has 0 atom stereocenters. The zero-order valence-corrected chi connectivity index (χ0v) is 16.3. The second-order valence-electron chi connectivity index (χ2n) is 6.07. The van der Waals surface area contributed by atoms with E-state index in [2.05, 4.69) is 4.99 Å². The third-order valence-electron chi connectivity index (χ3n) is 4.07. The van der Waals surface area contributed by atoms with E-state index < -0.39 is 10.9 Å². The van der Waals surface area contributed by atoms with Crippen molar-refractivity contribution in [3.63, 3.8) is 0 Å². The fourth-order valence-corrected chi connectivity index (χ4v) is 3.64. The van der Waals surface area contributed by atoms with Gasteiger partial charge in [-0.1, -0.05) is 23.9 Å². The van der Waals surface area contributed by atoms with Crippen LogP contribution in [0.4, 0.5) is 11.4 Å². The van der Waals surface area contributed by atoms with Crippen molar-refractivity contribution in [2.45, 2.75) is 6.92 Å². The number of rotatable bonds is 4. The van der Waals surface area contributed by atoms with Crippen LogP contribution in [0.3, 0.4) is 0 Å². The molecule has 2 aromatic rings. The zero-order valence-electron chi connectivity index (χ0n) is 15.4. The van der Waals surface area contributed by atoms with E-state index in [9.17, 15) is 25.1 Å². The van der Waals surface area contributed by atoms with Gasteiger partial charge in [0.2, 0.25) is 0 Å². The summed E-state index contributed by atoms with van der Waals surface area (Å²) in [6.45, 7) is 1.74. The number of hydrogen-bond donors (Lipinski definition) is 2. The second kappa shape index (κ2) is 8.19. The van der Waals surface area contributed by atoms with Gasteiger partial charge in [0.1, 0.15) is 22.1 Å². The number of thioether (sulfide) groups is 1. The SMILES string of the molecule is COC(=O)C1=C(O)/C(=C\c2ccc(O)c(C)c2)SC1=Nc1cccc([N+](=O)[O-])c1. The maximum atomic E-state index is 12.2. The van der Waals surface area contributed by atoms with E-state index in [0.29, 0.717) is 16.0 Å². The van der Waals surface area contributed by atoms with Crippen molar-refractivity contribution in [1.82, 2.24) is 0 Å². The molecule has 29 heavy (non-hydrogen) atoms. The topological polar surface area (TPSA) is 122 Å². The standard InChI is InChI=1S/C20H16N2O6S/c1-11-8-12(6-7-15(11)23)9-16-18(24)17(20(25)28-2)19(29-16)21-13-4-3-5-14(10-13)22(26)27/h3-10,23-24H,1-2H3/b16-9+,21-19?. The monoisotopic (exact) mass is 412 g/mol. The van der Waals surface area contributed by atoms with Gasteiger partial charge in [0.05, 0.1) is 22.6 Å². The van der Waals surface area contributed by atoms with E-state index >= 15 is 0 Å². The summed E-state index contributed by atoms with van der Waals surface area (Å²) >= 11 is 1.04. The summed E-state index contributed by atoms with van der Waals surface area (Å²) in [6, 6.07) is 10.6. The van der Waals surface area contributed by atoms with Crippen molar-refractivity contribution in [2.75, 3.05) is 7.11 Å². The highest BCUT2D eigenvalue weighted by molar-refractivity contribution is 8.18. The lowest BCUT2D eigenvalue weighted by molar-refractivity contribution is -0.384. The third kappa shape index (κ3) is 4.30. The van der Waals surface area contributed by atoms with Crippen molar-refractivity contribution >= 4 is 40.2 Å². The molecule has 0 bridgehead atoms. The number of aliphatic imine (C=N–C) groups is 1. The number of nitro groups is 1. The number of aliphatic hydroxyl groups excluding tert-OH is 1. The van der Waals surface area contributed by atoms with Crippen LogP contribution in [0.25, 0.3) is 6.08 Å². The Labute approximate surface area is 170 Å². The number of carbonyl (C=O) groups is 1. The molecule has 0 saturated carbocycles. The van der Waals surface area contributed by atoms with Gasteiger partial charge < -0.3 is 14.9 Å². The summed E-state index contributed by atoms with van der Waals surface area (Å²) in [5, 5.41) is 31.4. The predicted octanol–water partition coefficient (Wildman–Crippen LogP) is 4.41. The van der Waals surface area contributed by atoms with Crippen LogP contribution in [0, 0.1) is 17.0 Å². The maximum absolute atomic E-state index is 12.2. The fourth-order valence-electron chi connectivity index (χ4n) is 2.60. The van der Waals surface area contributed by atoms with E-state index in [1.54, 1.807) is 31.2 Å². The quantitative estimate of drug-likeness (QED) is 0.433. The van der Waals surface area contributed by atoms with Crippen LogP contribution in [-0.2, 0) is 9.53 Å². The van der Waals surface area contributed by atoms with Gasteiger partial charge in [0.25, 0.3) is 5.69 Å². The number of carbonyl (C=O) groups excluding carboxylic acids is 1. The molecule has 0 aromatic heterocycles.